The van der Waals surface area contributed by atoms with Crippen molar-refractivity contribution in [2.45, 2.75) is 13.5 Å². The Morgan fingerprint density at radius 2 is 2.16 bits per heavy atom. The highest BCUT2D eigenvalue weighted by Gasteiger charge is 2.18. The predicted octanol–water partition coefficient (Wildman–Crippen LogP) is 2.99. The van der Waals surface area contributed by atoms with Crippen molar-refractivity contribution in [1.29, 1.82) is 0 Å². The lowest BCUT2D eigenvalue weighted by Crippen LogP contribution is -2.13. The Labute approximate surface area is 143 Å². The van der Waals surface area contributed by atoms with Gasteiger partial charge in [0, 0.05) is 10.9 Å². The van der Waals surface area contributed by atoms with Crippen molar-refractivity contribution in [2.75, 3.05) is 12.3 Å². The first kappa shape index (κ1) is 15.2. The Hall–Kier alpha value is -3.35. The molecule has 0 spiro atoms. The van der Waals surface area contributed by atoms with Crippen LogP contribution in [0.2, 0.25) is 0 Å². The molecule has 0 atom stereocenters. The van der Waals surface area contributed by atoms with Crippen LogP contribution in [-0.4, -0.2) is 27.1 Å². The van der Waals surface area contributed by atoms with Crippen LogP contribution in [0.3, 0.4) is 0 Å². The van der Waals surface area contributed by atoms with Gasteiger partial charge in [-0.15, -0.1) is 0 Å². The molecule has 0 amide bonds. The fraction of sp³-hybridized carbons (Fsp3) is 0.167. The van der Waals surface area contributed by atoms with Crippen LogP contribution in [0.5, 0.6) is 0 Å². The van der Waals surface area contributed by atoms with Gasteiger partial charge in [-0.1, -0.05) is 6.07 Å². The van der Waals surface area contributed by atoms with E-state index in [4.69, 9.17) is 14.9 Å². The number of rotatable bonds is 4. The lowest BCUT2D eigenvalue weighted by Gasteiger charge is -2.06. The maximum absolute atomic E-state index is 12.0. The van der Waals surface area contributed by atoms with Crippen molar-refractivity contribution < 1.29 is 13.9 Å². The van der Waals surface area contributed by atoms with Crippen LogP contribution in [0.25, 0.3) is 33.1 Å². The van der Waals surface area contributed by atoms with Gasteiger partial charge in [-0.3, -0.25) is 4.79 Å². The van der Waals surface area contributed by atoms with Gasteiger partial charge >= 0.3 is 5.97 Å². The maximum Gasteiger partial charge on any atom is 0.326 e. The number of aromatic nitrogens is 3. The first-order valence-electron chi connectivity index (χ1n) is 7.89. The summed E-state index contributed by atoms with van der Waals surface area (Å²) in [6.07, 6.45) is 4.70. The molecule has 7 nitrogen and oxygen atoms in total. The molecule has 0 aliphatic rings. The van der Waals surface area contributed by atoms with Crippen molar-refractivity contribution in [2.24, 2.45) is 0 Å². The summed E-state index contributed by atoms with van der Waals surface area (Å²) >= 11 is 0. The van der Waals surface area contributed by atoms with Crippen LogP contribution < -0.4 is 5.73 Å². The predicted molar refractivity (Wildman–Crippen MR) is 93.8 cm³/mol. The highest BCUT2D eigenvalue weighted by Crippen LogP contribution is 2.34. The van der Waals surface area contributed by atoms with E-state index in [0.717, 1.165) is 27.4 Å². The van der Waals surface area contributed by atoms with Gasteiger partial charge < -0.3 is 19.5 Å². The fourth-order valence-corrected chi connectivity index (χ4v) is 3.04. The minimum absolute atomic E-state index is 0.0648. The summed E-state index contributed by atoms with van der Waals surface area (Å²) < 4.78 is 12.0. The third-order valence-corrected chi connectivity index (χ3v) is 4.12. The molecule has 126 valence electrons. The number of anilines is 1. The molecule has 0 fully saturated rings. The maximum atomic E-state index is 12.0. The summed E-state index contributed by atoms with van der Waals surface area (Å²) in [6.45, 7) is 2.17. The molecule has 3 heterocycles. The molecule has 25 heavy (non-hydrogen) atoms. The minimum Gasteiger partial charge on any atom is -0.472 e. The lowest BCUT2D eigenvalue weighted by atomic mass is 10.1. The van der Waals surface area contributed by atoms with Crippen LogP contribution >= 0.6 is 0 Å². The smallest absolute Gasteiger partial charge is 0.326 e. The van der Waals surface area contributed by atoms with Gasteiger partial charge in [0.2, 0.25) is 0 Å². The van der Waals surface area contributed by atoms with E-state index in [1.54, 1.807) is 24.0 Å². The van der Waals surface area contributed by atoms with Gasteiger partial charge in [-0.05, 0) is 30.7 Å². The molecule has 0 aliphatic carbocycles. The van der Waals surface area contributed by atoms with Gasteiger partial charge in [-0.2, -0.15) is 0 Å². The Morgan fingerprint density at radius 3 is 2.92 bits per heavy atom. The Morgan fingerprint density at radius 1 is 1.28 bits per heavy atom. The number of benzene rings is 1. The zero-order chi connectivity index (χ0) is 17.4. The number of nitrogens with two attached hydrogens (primary N) is 1. The Bertz CT molecular complexity index is 1070. The number of furan rings is 1. The number of carbonyl (C=O) groups is 1. The summed E-state index contributed by atoms with van der Waals surface area (Å²) in [4.78, 5) is 20.4. The molecule has 0 radical (unpaired) electrons. The fourth-order valence-electron chi connectivity index (χ4n) is 3.04. The highest BCUT2D eigenvalue weighted by molar-refractivity contribution is 6.12. The monoisotopic (exact) mass is 336 g/mol. The molecular weight excluding hydrogens is 320 g/mol. The first-order valence-corrected chi connectivity index (χ1v) is 7.89. The third-order valence-electron chi connectivity index (χ3n) is 4.12. The average molecular weight is 336 g/mol. The van der Waals surface area contributed by atoms with Crippen molar-refractivity contribution in [3.8, 4) is 11.1 Å². The normalized spacial score (nSPS) is 11.2. The Balaban J connectivity index is 1.97. The number of carbonyl (C=O) groups excluding carboxylic acids is 1. The van der Waals surface area contributed by atoms with E-state index in [0.29, 0.717) is 18.1 Å². The number of hydrogen-bond donors (Lipinski definition) is 1. The van der Waals surface area contributed by atoms with E-state index >= 15 is 0 Å². The molecule has 0 unspecified atom stereocenters. The van der Waals surface area contributed by atoms with Gasteiger partial charge in [0.25, 0.3) is 0 Å². The summed E-state index contributed by atoms with van der Waals surface area (Å²) in [7, 11) is 0. The molecule has 4 aromatic rings. The third kappa shape index (κ3) is 2.50. The second kappa shape index (κ2) is 5.94. The minimum atomic E-state index is -0.322. The van der Waals surface area contributed by atoms with Crippen molar-refractivity contribution in [3.63, 3.8) is 0 Å². The summed E-state index contributed by atoms with van der Waals surface area (Å²) in [6, 6.07) is 7.80. The molecule has 0 saturated carbocycles. The molecular formula is C18H16N4O3. The molecule has 7 heteroatoms. The second-order valence-corrected chi connectivity index (χ2v) is 5.59. The van der Waals surface area contributed by atoms with E-state index < -0.39 is 0 Å². The van der Waals surface area contributed by atoms with Gasteiger partial charge in [-0.25, -0.2) is 9.97 Å². The molecule has 4 rings (SSSR count). The topological polar surface area (TPSA) is 96.2 Å². The van der Waals surface area contributed by atoms with Crippen LogP contribution in [0.4, 0.5) is 5.82 Å². The standard InChI is InChI=1S/C18H16N4O3/c1-2-25-15(23)8-22-14-4-3-11(12-5-6-24-9-12)7-13(14)16-17(19)20-10-21-18(16)22/h3-7,9-10H,2,8H2,1H3,(H2,19,20,21). The van der Waals surface area contributed by atoms with Crippen molar-refractivity contribution in [1.82, 2.24) is 14.5 Å². The molecule has 0 bridgehead atoms. The van der Waals surface area contributed by atoms with Gasteiger partial charge in [0.05, 0.1) is 30.0 Å². The van der Waals surface area contributed by atoms with Crippen LogP contribution in [0.1, 0.15) is 6.92 Å². The van der Waals surface area contributed by atoms with Crippen LogP contribution in [-0.2, 0) is 16.1 Å². The summed E-state index contributed by atoms with van der Waals surface area (Å²) in [5.41, 5.74) is 9.50. The zero-order valence-electron chi connectivity index (χ0n) is 13.6. The van der Waals surface area contributed by atoms with Crippen molar-refractivity contribution >= 4 is 33.7 Å². The molecule has 0 aliphatic heterocycles. The summed E-state index contributed by atoms with van der Waals surface area (Å²) in [5, 5.41) is 1.61. The highest BCUT2D eigenvalue weighted by atomic mass is 16.5. The van der Waals surface area contributed by atoms with E-state index in [9.17, 15) is 4.79 Å². The number of fused-ring (bicyclic) bond motifs is 3. The van der Waals surface area contributed by atoms with E-state index in [-0.39, 0.29) is 12.5 Å². The molecule has 2 N–H and O–H groups in total. The molecule has 3 aromatic heterocycles. The first-order chi connectivity index (χ1) is 12.2. The SMILES string of the molecule is CCOC(=O)Cn1c2ccc(-c3ccoc3)cc2c2c(N)ncnc21. The Kier molecular flexibility index (Phi) is 3.61. The lowest BCUT2D eigenvalue weighted by molar-refractivity contribution is -0.143. The second-order valence-electron chi connectivity index (χ2n) is 5.59. The zero-order valence-corrected chi connectivity index (χ0v) is 13.6. The van der Waals surface area contributed by atoms with Gasteiger partial charge in [0.15, 0.2) is 0 Å². The number of nitrogens with zero attached hydrogens (tertiary/aromatic N) is 3. The van der Waals surface area contributed by atoms with Crippen LogP contribution in [0.15, 0.2) is 47.5 Å². The summed E-state index contributed by atoms with van der Waals surface area (Å²) in [5.74, 6) is 0.0550. The van der Waals surface area contributed by atoms with E-state index in [1.165, 1.54) is 6.33 Å². The van der Waals surface area contributed by atoms with Crippen LogP contribution in [0, 0.1) is 0 Å². The average Bonchev–Trinajstić information content (AvgIpc) is 3.23. The molecule has 1 aromatic carbocycles. The number of ether oxygens (including phenoxy) is 1. The number of hydrogen-bond acceptors (Lipinski definition) is 6. The van der Waals surface area contributed by atoms with E-state index in [2.05, 4.69) is 9.97 Å². The van der Waals surface area contributed by atoms with E-state index in [1.807, 2.05) is 24.3 Å². The molecule has 0 saturated heterocycles. The van der Waals surface area contributed by atoms with Gasteiger partial charge in [0.1, 0.15) is 24.3 Å². The number of nitrogen functional groups attached to an aromatic ring is 1. The number of esters is 1. The van der Waals surface area contributed by atoms with Crippen molar-refractivity contribution in [3.05, 3.63) is 43.1 Å². The largest absolute Gasteiger partial charge is 0.472 e. The quantitative estimate of drug-likeness (QED) is 0.576.